The van der Waals surface area contributed by atoms with Gasteiger partial charge in [0.1, 0.15) is 0 Å². The van der Waals surface area contributed by atoms with Crippen molar-refractivity contribution >= 4 is 17.3 Å². The molecule has 5 heteroatoms. The summed E-state index contributed by atoms with van der Waals surface area (Å²) >= 11 is 5.61. The maximum absolute atomic E-state index is 12.3. The lowest BCUT2D eigenvalue weighted by Crippen LogP contribution is -2.12. The van der Waals surface area contributed by atoms with Crippen LogP contribution in [0.25, 0.3) is 0 Å². The molecule has 0 bridgehead atoms. The smallest absolute Gasteiger partial charge is 0.385 e. The van der Waals surface area contributed by atoms with Crippen molar-refractivity contribution in [2.75, 3.05) is 17.7 Å². The van der Waals surface area contributed by atoms with Crippen LogP contribution in [0.5, 0.6) is 0 Å². The van der Waals surface area contributed by atoms with Crippen LogP contribution < -0.4 is 5.32 Å². The largest absolute Gasteiger partial charge is 0.416 e. The molecule has 1 N–H and O–H groups in total. The van der Waals surface area contributed by atoms with Gasteiger partial charge in [0.2, 0.25) is 0 Å². The molecule has 1 atom stereocenters. The highest BCUT2D eigenvalue weighted by Crippen LogP contribution is 2.29. The van der Waals surface area contributed by atoms with Crippen molar-refractivity contribution in [3.05, 3.63) is 29.8 Å². The van der Waals surface area contributed by atoms with Crippen molar-refractivity contribution in [1.29, 1.82) is 0 Å². The van der Waals surface area contributed by atoms with Gasteiger partial charge in [-0.3, -0.25) is 0 Å². The SMILES string of the molecule is CC(CCl)CNc1ccc(C(F)(F)F)cc1. The van der Waals surface area contributed by atoms with Crippen LogP contribution in [0, 0.1) is 5.92 Å². The second-order valence-corrected chi connectivity index (χ2v) is 4.02. The fraction of sp³-hybridized carbons (Fsp3) is 0.455. The van der Waals surface area contributed by atoms with Gasteiger partial charge in [-0.25, -0.2) is 0 Å². The van der Waals surface area contributed by atoms with Gasteiger partial charge in [0.15, 0.2) is 0 Å². The zero-order valence-electron chi connectivity index (χ0n) is 8.81. The average Bonchev–Trinajstić information content (AvgIpc) is 2.25. The van der Waals surface area contributed by atoms with Crippen LogP contribution in [0.4, 0.5) is 18.9 Å². The Morgan fingerprint density at radius 1 is 1.25 bits per heavy atom. The third-order valence-corrected chi connectivity index (χ3v) is 2.66. The van der Waals surface area contributed by atoms with Gasteiger partial charge < -0.3 is 5.32 Å². The highest BCUT2D eigenvalue weighted by Gasteiger charge is 2.29. The molecule has 16 heavy (non-hydrogen) atoms. The first kappa shape index (κ1) is 13.2. The molecule has 0 saturated heterocycles. The standard InChI is InChI=1S/C11H13ClF3N/c1-8(6-12)7-16-10-4-2-9(3-5-10)11(13,14)15/h2-5,8,16H,6-7H2,1H3. The highest BCUT2D eigenvalue weighted by atomic mass is 35.5. The molecular formula is C11H13ClF3N. The Kier molecular flexibility index (Phi) is 4.47. The normalized spacial score (nSPS) is 13.6. The van der Waals surface area contributed by atoms with Crippen LogP contribution in [0.2, 0.25) is 0 Å². The van der Waals surface area contributed by atoms with Crippen LogP contribution in [-0.2, 0) is 6.18 Å². The number of rotatable bonds is 4. The van der Waals surface area contributed by atoms with E-state index in [0.29, 0.717) is 18.1 Å². The first-order valence-electron chi connectivity index (χ1n) is 4.90. The molecule has 1 unspecified atom stereocenters. The van der Waals surface area contributed by atoms with E-state index in [1.807, 2.05) is 6.92 Å². The molecule has 0 spiro atoms. The molecule has 0 aromatic heterocycles. The van der Waals surface area contributed by atoms with E-state index in [1.54, 1.807) is 0 Å². The van der Waals surface area contributed by atoms with E-state index in [2.05, 4.69) is 5.32 Å². The van der Waals surface area contributed by atoms with Gasteiger partial charge in [-0.2, -0.15) is 13.2 Å². The summed E-state index contributed by atoms with van der Waals surface area (Å²) in [6.07, 6.45) is -4.28. The van der Waals surface area contributed by atoms with Gasteiger partial charge in [0, 0.05) is 18.1 Å². The zero-order valence-corrected chi connectivity index (χ0v) is 9.57. The lowest BCUT2D eigenvalue weighted by molar-refractivity contribution is -0.137. The maximum Gasteiger partial charge on any atom is 0.416 e. The summed E-state index contributed by atoms with van der Waals surface area (Å²) in [7, 11) is 0. The molecule has 0 heterocycles. The summed E-state index contributed by atoms with van der Waals surface area (Å²) in [4.78, 5) is 0. The molecule has 0 radical (unpaired) electrons. The van der Waals surface area contributed by atoms with E-state index < -0.39 is 11.7 Å². The summed E-state index contributed by atoms with van der Waals surface area (Å²) in [5.41, 5.74) is 0.0356. The minimum Gasteiger partial charge on any atom is -0.385 e. The summed E-state index contributed by atoms with van der Waals surface area (Å²) in [5.74, 6) is 0.803. The van der Waals surface area contributed by atoms with Crippen molar-refractivity contribution in [3.8, 4) is 0 Å². The van der Waals surface area contributed by atoms with Crippen molar-refractivity contribution in [2.24, 2.45) is 5.92 Å². The third-order valence-electron chi connectivity index (χ3n) is 2.13. The Bertz CT molecular complexity index is 321. The van der Waals surface area contributed by atoms with Crippen molar-refractivity contribution in [3.63, 3.8) is 0 Å². The first-order valence-corrected chi connectivity index (χ1v) is 5.44. The molecule has 1 aromatic carbocycles. The summed E-state index contributed by atoms with van der Waals surface area (Å²) in [6, 6.07) is 4.97. The Labute approximate surface area is 97.6 Å². The van der Waals surface area contributed by atoms with Gasteiger partial charge in [-0.1, -0.05) is 6.92 Å². The minimum absolute atomic E-state index is 0.281. The number of nitrogens with one attached hydrogen (secondary N) is 1. The first-order chi connectivity index (χ1) is 7.43. The van der Waals surface area contributed by atoms with Crippen molar-refractivity contribution in [2.45, 2.75) is 13.1 Å². The Morgan fingerprint density at radius 3 is 2.25 bits per heavy atom. The number of hydrogen-bond acceptors (Lipinski definition) is 1. The summed E-state index contributed by atoms with van der Waals surface area (Å²) in [5, 5.41) is 3.02. The monoisotopic (exact) mass is 251 g/mol. The number of benzene rings is 1. The minimum atomic E-state index is -4.28. The highest BCUT2D eigenvalue weighted by molar-refractivity contribution is 6.18. The maximum atomic E-state index is 12.3. The van der Waals surface area contributed by atoms with E-state index in [4.69, 9.17) is 11.6 Å². The molecule has 0 aliphatic heterocycles. The lowest BCUT2D eigenvalue weighted by atomic mass is 10.2. The zero-order chi connectivity index (χ0) is 12.2. The van der Waals surface area contributed by atoms with E-state index >= 15 is 0 Å². The Balaban J connectivity index is 2.58. The van der Waals surface area contributed by atoms with Gasteiger partial charge in [-0.15, -0.1) is 11.6 Å². The molecule has 0 aliphatic carbocycles. The van der Waals surface area contributed by atoms with Crippen molar-refractivity contribution in [1.82, 2.24) is 0 Å². The summed E-state index contributed by atoms with van der Waals surface area (Å²) in [6.45, 7) is 2.61. The summed E-state index contributed by atoms with van der Waals surface area (Å²) < 4.78 is 36.8. The third kappa shape index (κ3) is 3.93. The van der Waals surface area contributed by atoms with E-state index in [1.165, 1.54) is 12.1 Å². The number of anilines is 1. The molecule has 0 aliphatic rings. The van der Waals surface area contributed by atoms with Crippen LogP contribution in [0.1, 0.15) is 12.5 Å². The van der Waals surface area contributed by atoms with Crippen LogP contribution in [0.3, 0.4) is 0 Å². The van der Waals surface area contributed by atoms with E-state index in [0.717, 1.165) is 12.1 Å². The van der Waals surface area contributed by atoms with Gasteiger partial charge in [0.25, 0.3) is 0 Å². The molecule has 0 saturated carbocycles. The topological polar surface area (TPSA) is 12.0 Å². The second-order valence-electron chi connectivity index (χ2n) is 3.72. The quantitative estimate of drug-likeness (QED) is 0.798. The molecule has 1 rings (SSSR count). The molecule has 0 fully saturated rings. The fourth-order valence-corrected chi connectivity index (χ4v) is 1.23. The molecule has 0 amide bonds. The van der Waals surface area contributed by atoms with Crippen LogP contribution >= 0.6 is 11.6 Å². The molecule has 1 aromatic rings. The van der Waals surface area contributed by atoms with Crippen LogP contribution in [-0.4, -0.2) is 12.4 Å². The predicted octanol–water partition coefficient (Wildman–Crippen LogP) is 3.99. The lowest BCUT2D eigenvalue weighted by Gasteiger charge is -2.12. The van der Waals surface area contributed by atoms with Gasteiger partial charge >= 0.3 is 6.18 Å². The Morgan fingerprint density at radius 2 is 1.81 bits per heavy atom. The Hall–Kier alpha value is -0.900. The van der Waals surface area contributed by atoms with Crippen LogP contribution in [0.15, 0.2) is 24.3 Å². The molecule has 1 nitrogen and oxygen atoms in total. The number of alkyl halides is 4. The fourth-order valence-electron chi connectivity index (χ4n) is 1.12. The van der Waals surface area contributed by atoms with E-state index in [9.17, 15) is 13.2 Å². The van der Waals surface area contributed by atoms with Gasteiger partial charge in [0.05, 0.1) is 5.56 Å². The molecular weight excluding hydrogens is 239 g/mol. The van der Waals surface area contributed by atoms with E-state index in [-0.39, 0.29) is 5.92 Å². The number of halogens is 4. The predicted molar refractivity (Wildman–Crippen MR) is 59.8 cm³/mol. The van der Waals surface area contributed by atoms with Gasteiger partial charge in [-0.05, 0) is 30.2 Å². The number of hydrogen-bond donors (Lipinski definition) is 1. The van der Waals surface area contributed by atoms with Crippen molar-refractivity contribution < 1.29 is 13.2 Å². The average molecular weight is 252 g/mol. The second kappa shape index (κ2) is 5.43. The molecule has 90 valence electrons.